The van der Waals surface area contributed by atoms with Crippen molar-refractivity contribution in [3.63, 3.8) is 0 Å². The normalized spacial score (nSPS) is 36.6. The van der Waals surface area contributed by atoms with Gasteiger partial charge in [-0.25, -0.2) is 0 Å². The summed E-state index contributed by atoms with van der Waals surface area (Å²) < 4.78 is 0. The van der Waals surface area contributed by atoms with E-state index in [2.05, 4.69) is 51.5 Å². The summed E-state index contributed by atoms with van der Waals surface area (Å²) in [6.45, 7) is 15.5. The Hall–Kier alpha value is -0.0800. The van der Waals surface area contributed by atoms with Gasteiger partial charge in [-0.3, -0.25) is 4.90 Å². The van der Waals surface area contributed by atoms with Crippen LogP contribution in [0.25, 0.3) is 0 Å². The van der Waals surface area contributed by atoms with Gasteiger partial charge in [0.2, 0.25) is 0 Å². The first-order valence-corrected chi connectivity index (χ1v) is 6.37. The van der Waals surface area contributed by atoms with E-state index >= 15 is 0 Å². The molecule has 90 valence electrons. The van der Waals surface area contributed by atoms with E-state index in [9.17, 15) is 0 Å². The van der Waals surface area contributed by atoms with Gasteiger partial charge in [0.05, 0.1) is 0 Å². The Balaban J connectivity index is 2.73. The van der Waals surface area contributed by atoms with Crippen molar-refractivity contribution in [3.05, 3.63) is 0 Å². The molecular formula is C13H28N2. The fraction of sp³-hybridized carbons (Fsp3) is 1.00. The van der Waals surface area contributed by atoms with Crippen LogP contribution in [0.1, 0.15) is 34.6 Å². The lowest BCUT2D eigenvalue weighted by atomic mass is 9.87. The number of rotatable bonds is 1. The van der Waals surface area contributed by atoms with E-state index in [1.807, 2.05) is 0 Å². The van der Waals surface area contributed by atoms with Gasteiger partial charge >= 0.3 is 0 Å². The van der Waals surface area contributed by atoms with Crippen LogP contribution in [-0.4, -0.2) is 48.6 Å². The zero-order valence-electron chi connectivity index (χ0n) is 11.3. The van der Waals surface area contributed by atoms with E-state index in [0.717, 1.165) is 11.8 Å². The second kappa shape index (κ2) is 5.31. The summed E-state index contributed by atoms with van der Waals surface area (Å²) >= 11 is 0. The molecule has 0 aliphatic carbocycles. The van der Waals surface area contributed by atoms with Gasteiger partial charge in [-0.15, -0.1) is 0 Å². The highest BCUT2D eigenvalue weighted by molar-refractivity contribution is 4.82. The van der Waals surface area contributed by atoms with E-state index in [0.29, 0.717) is 12.1 Å². The van der Waals surface area contributed by atoms with Gasteiger partial charge < -0.3 is 4.90 Å². The fourth-order valence-electron chi connectivity index (χ4n) is 2.74. The molecule has 1 fully saturated rings. The molecule has 0 N–H and O–H groups in total. The van der Waals surface area contributed by atoms with Crippen molar-refractivity contribution in [2.45, 2.75) is 46.7 Å². The Morgan fingerprint density at radius 3 is 2.20 bits per heavy atom. The molecular weight excluding hydrogens is 184 g/mol. The van der Waals surface area contributed by atoms with E-state index in [-0.39, 0.29) is 0 Å². The van der Waals surface area contributed by atoms with Crippen molar-refractivity contribution in [2.75, 3.05) is 26.7 Å². The molecule has 0 radical (unpaired) electrons. The summed E-state index contributed by atoms with van der Waals surface area (Å²) in [4.78, 5) is 5.12. The Morgan fingerprint density at radius 2 is 1.67 bits per heavy atom. The third kappa shape index (κ3) is 3.18. The highest BCUT2D eigenvalue weighted by atomic mass is 15.2. The Morgan fingerprint density at radius 1 is 1.07 bits per heavy atom. The molecule has 0 aromatic rings. The molecule has 0 amide bonds. The van der Waals surface area contributed by atoms with E-state index in [1.165, 1.54) is 19.6 Å². The summed E-state index contributed by atoms with van der Waals surface area (Å²) in [6.07, 6.45) is 0. The molecule has 1 aliphatic rings. The minimum absolute atomic E-state index is 0.668. The molecule has 1 heterocycles. The van der Waals surface area contributed by atoms with Gasteiger partial charge in [0.25, 0.3) is 0 Å². The SMILES string of the molecule is CC1CN(C)CCN(C(C)C)C(C)[C@@H]1C. The number of hydrogen-bond acceptors (Lipinski definition) is 2. The van der Waals surface area contributed by atoms with Crippen LogP contribution in [0.5, 0.6) is 0 Å². The summed E-state index contributed by atoms with van der Waals surface area (Å²) in [5.41, 5.74) is 0. The number of nitrogens with zero attached hydrogens (tertiary/aromatic N) is 2. The van der Waals surface area contributed by atoms with Crippen LogP contribution >= 0.6 is 0 Å². The Labute approximate surface area is 95.6 Å². The largest absolute Gasteiger partial charge is 0.305 e. The third-order valence-electron chi connectivity index (χ3n) is 4.18. The zero-order valence-corrected chi connectivity index (χ0v) is 11.3. The summed E-state index contributed by atoms with van der Waals surface area (Å²) in [6, 6.07) is 1.38. The van der Waals surface area contributed by atoms with Crippen molar-refractivity contribution in [2.24, 2.45) is 11.8 Å². The minimum atomic E-state index is 0.668. The molecule has 0 aromatic heterocycles. The van der Waals surface area contributed by atoms with Crippen LogP contribution in [0.4, 0.5) is 0 Å². The van der Waals surface area contributed by atoms with Gasteiger partial charge in [-0.2, -0.15) is 0 Å². The monoisotopic (exact) mass is 212 g/mol. The van der Waals surface area contributed by atoms with Crippen molar-refractivity contribution in [1.82, 2.24) is 9.80 Å². The van der Waals surface area contributed by atoms with E-state index in [4.69, 9.17) is 0 Å². The quantitative estimate of drug-likeness (QED) is 0.658. The Kier molecular flexibility index (Phi) is 4.60. The van der Waals surface area contributed by atoms with Crippen LogP contribution in [0.2, 0.25) is 0 Å². The highest BCUT2D eigenvalue weighted by Gasteiger charge is 2.28. The molecule has 1 saturated heterocycles. The zero-order chi connectivity index (χ0) is 11.6. The average Bonchev–Trinajstić information content (AvgIpc) is 2.14. The molecule has 3 atom stereocenters. The smallest absolute Gasteiger partial charge is 0.0115 e. The maximum absolute atomic E-state index is 2.65. The van der Waals surface area contributed by atoms with Gasteiger partial charge in [-0.05, 0) is 39.7 Å². The third-order valence-corrected chi connectivity index (χ3v) is 4.18. The topological polar surface area (TPSA) is 6.48 Å². The maximum atomic E-state index is 2.65. The summed E-state index contributed by atoms with van der Waals surface area (Å²) in [5, 5.41) is 0. The lowest BCUT2D eigenvalue weighted by Crippen LogP contribution is -2.50. The van der Waals surface area contributed by atoms with Crippen LogP contribution in [-0.2, 0) is 0 Å². The molecule has 2 unspecified atom stereocenters. The van der Waals surface area contributed by atoms with Crippen LogP contribution in [0, 0.1) is 11.8 Å². The molecule has 0 aromatic carbocycles. The van der Waals surface area contributed by atoms with Crippen LogP contribution < -0.4 is 0 Å². The first-order valence-electron chi connectivity index (χ1n) is 6.37. The lowest BCUT2D eigenvalue weighted by Gasteiger charge is -2.42. The molecule has 2 nitrogen and oxygen atoms in total. The fourth-order valence-corrected chi connectivity index (χ4v) is 2.74. The van der Waals surface area contributed by atoms with Crippen LogP contribution in [0.3, 0.4) is 0 Å². The Bertz CT molecular complexity index is 191. The van der Waals surface area contributed by atoms with Gasteiger partial charge in [0, 0.05) is 31.7 Å². The number of likely N-dealkylation sites (N-methyl/N-ethyl adjacent to an activating group) is 1. The standard InChI is InChI=1S/C13H28N2/c1-10(2)15-8-7-14(6)9-11(3)12(4)13(15)5/h10-13H,7-9H2,1-6H3/t11?,12-,13?/m1/s1. The average molecular weight is 212 g/mol. The maximum Gasteiger partial charge on any atom is 0.0115 e. The lowest BCUT2D eigenvalue weighted by molar-refractivity contribution is 0.0567. The van der Waals surface area contributed by atoms with Gasteiger partial charge in [0.15, 0.2) is 0 Å². The van der Waals surface area contributed by atoms with E-state index in [1.54, 1.807) is 0 Å². The molecule has 1 rings (SSSR count). The second-order valence-electron chi connectivity index (χ2n) is 5.67. The molecule has 0 bridgehead atoms. The summed E-state index contributed by atoms with van der Waals surface area (Å²) in [5.74, 6) is 1.58. The van der Waals surface area contributed by atoms with Gasteiger partial charge in [-0.1, -0.05) is 13.8 Å². The minimum Gasteiger partial charge on any atom is -0.305 e. The second-order valence-corrected chi connectivity index (χ2v) is 5.67. The highest BCUT2D eigenvalue weighted by Crippen LogP contribution is 2.23. The van der Waals surface area contributed by atoms with Crippen molar-refractivity contribution < 1.29 is 0 Å². The van der Waals surface area contributed by atoms with Crippen molar-refractivity contribution in [3.8, 4) is 0 Å². The first kappa shape index (κ1) is 13.0. The number of hydrogen-bond donors (Lipinski definition) is 0. The molecule has 15 heavy (non-hydrogen) atoms. The molecule has 0 saturated carbocycles. The van der Waals surface area contributed by atoms with Crippen LogP contribution in [0.15, 0.2) is 0 Å². The van der Waals surface area contributed by atoms with Crippen molar-refractivity contribution in [1.29, 1.82) is 0 Å². The predicted octanol–water partition coefficient (Wildman–Crippen LogP) is 2.30. The van der Waals surface area contributed by atoms with E-state index < -0.39 is 0 Å². The molecule has 1 aliphatic heterocycles. The predicted molar refractivity (Wildman–Crippen MR) is 67.1 cm³/mol. The summed E-state index contributed by atoms with van der Waals surface area (Å²) in [7, 11) is 2.25. The molecule has 2 heteroatoms. The van der Waals surface area contributed by atoms with Gasteiger partial charge in [0.1, 0.15) is 0 Å². The molecule has 0 spiro atoms. The first-order chi connectivity index (χ1) is 6.93. The van der Waals surface area contributed by atoms with Crippen molar-refractivity contribution >= 4 is 0 Å².